The molecule has 2 rings (SSSR count). The Balaban J connectivity index is 2.05. The molecule has 1 fully saturated rings. The molecule has 1 aliphatic rings. The fraction of sp³-hybridized carbons (Fsp3) is 0.538. The minimum atomic E-state index is -0.0328. The summed E-state index contributed by atoms with van der Waals surface area (Å²) < 4.78 is 0. The molecule has 1 aliphatic heterocycles. The van der Waals surface area contributed by atoms with Crippen LogP contribution in [0.15, 0.2) is 12.1 Å². The molecular weight excluding hydrogens is 285 g/mol. The number of rotatable bonds is 2. The molecule has 0 atom stereocenters. The van der Waals surface area contributed by atoms with Gasteiger partial charge in [-0.2, -0.15) is 0 Å². The predicted octanol–water partition coefficient (Wildman–Crippen LogP) is 2.55. The summed E-state index contributed by atoms with van der Waals surface area (Å²) in [5.74, 6) is -0.0328. The number of hydrogen-bond acceptors (Lipinski definition) is 3. The van der Waals surface area contributed by atoms with Crippen molar-refractivity contribution in [1.82, 2.24) is 14.8 Å². The van der Waals surface area contributed by atoms with E-state index in [2.05, 4.69) is 23.7 Å². The van der Waals surface area contributed by atoms with Crippen LogP contribution in [0.25, 0.3) is 0 Å². The fourth-order valence-electron chi connectivity index (χ4n) is 2.21. The Bertz CT molecular complexity index is 451. The Hall–Kier alpha value is -0.840. The number of aromatic nitrogens is 1. The largest absolute Gasteiger partial charge is 0.336 e. The predicted molar refractivity (Wildman–Crippen MR) is 76.9 cm³/mol. The standard InChI is InChI=1S/C13H17Cl2N3O/c1-9(2)17-3-5-18(6-4-17)13(19)10-7-11(14)16-12(15)8-10/h7-9H,3-6H2,1-2H3. The summed E-state index contributed by atoms with van der Waals surface area (Å²) in [6.45, 7) is 7.59. The van der Waals surface area contributed by atoms with Crippen molar-refractivity contribution in [2.75, 3.05) is 26.2 Å². The van der Waals surface area contributed by atoms with Crippen LogP contribution in [0.1, 0.15) is 24.2 Å². The first-order valence-electron chi connectivity index (χ1n) is 6.34. The summed E-state index contributed by atoms with van der Waals surface area (Å²) >= 11 is 11.6. The average molecular weight is 302 g/mol. The number of pyridine rings is 1. The second-order valence-corrected chi connectivity index (χ2v) is 5.70. The molecule has 2 heterocycles. The second-order valence-electron chi connectivity index (χ2n) is 4.92. The molecule has 1 amide bonds. The van der Waals surface area contributed by atoms with E-state index in [1.54, 1.807) is 12.1 Å². The van der Waals surface area contributed by atoms with E-state index < -0.39 is 0 Å². The van der Waals surface area contributed by atoms with Gasteiger partial charge in [0, 0.05) is 37.8 Å². The molecule has 6 heteroatoms. The molecule has 1 aromatic heterocycles. The van der Waals surface area contributed by atoms with Crippen LogP contribution in [-0.2, 0) is 0 Å². The normalized spacial score (nSPS) is 17.0. The minimum Gasteiger partial charge on any atom is -0.336 e. The summed E-state index contributed by atoms with van der Waals surface area (Å²) in [5.41, 5.74) is 0.503. The molecule has 1 aromatic rings. The highest BCUT2D eigenvalue weighted by Crippen LogP contribution is 2.17. The van der Waals surface area contributed by atoms with Gasteiger partial charge in [-0.1, -0.05) is 23.2 Å². The van der Waals surface area contributed by atoms with Gasteiger partial charge in [0.2, 0.25) is 0 Å². The van der Waals surface area contributed by atoms with Crippen molar-refractivity contribution >= 4 is 29.1 Å². The lowest BCUT2D eigenvalue weighted by Crippen LogP contribution is -2.50. The number of carbonyl (C=O) groups is 1. The van der Waals surface area contributed by atoms with Crippen molar-refractivity contribution in [2.24, 2.45) is 0 Å². The van der Waals surface area contributed by atoms with Gasteiger partial charge >= 0.3 is 0 Å². The van der Waals surface area contributed by atoms with Gasteiger partial charge in [-0.15, -0.1) is 0 Å². The van der Waals surface area contributed by atoms with E-state index in [0.717, 1.165) is 26.2 Å². The summed E-state index contributed by atoms with van der Waals surface area (Å²) in [7, 11) is 0. The van der Waals surface area contributed by atoms with Crippen molar-refractivity contribution in [3.63, 3.8) is 0 Å². The highest BCUT2D eigenvalue weighted by Gasteiger charge is 2.23. The van der Waals surface area contributed by atoms with E-state index in [0.29, 0.717) is 11.6 Å². The quantitative estimate of drug-likeness (QED) is 0.788. The summed E-state index contributed by atoms with van der Waals surface area (Å²) in [4.78, 5) is 20.4. The number of amides is 1. The molecule has 0 aliphatic carbocycles. The Morgan fingerprint density at radius 1 is 1.16 bits per heavy atom. The van der Waals surface area contributed by atoms with Gasteiger partial charge in [0.05, 0.1) is 0 Å². The number of piperazine rings is 1. The monoisotopic (exact) mass is 301 g/mol. The Labute approximate surface area is 123 Å². The third kappa shape index (κ3) is 3.59. The van der Waals surface area contributed by atoms with Crippen LogP contribution in [0.4, 0.5) is 0 Å². The van der Waals surface area contributed by atoms with Crippen LogP contribution in [-0.4, -0.2) is 52.9 Å². The molecule has 0 aromatic carbocycles. The highest BCUT2D eigenvalue weighted by molar-refractivity contribution is 6.33. The van der Waals surface area contributed by atoms with Crippen molar-refractivity contribution in [1.29, 1.82) is 0 Å². The molecule has 104 valence electrons. The molecule has 1 saturated heterocycles. The second kappa shape index (κ2) is 6.07. The van der Waals surface area contributed by atoms with Crippen LogP contribution in [0.2, 0.25) is 10.3 Å². The maximum atomic E-state index is 12.3. The van der Waals surface area contributed by atoms with Gasteiger partial charge in [-0.05, 0) is 26.0 Å². The zero-order valence-corrected chi connectivity index (χ0v) is 12.6. The number of nitrogens with zero attached hydrogens (tertiary/aromatic N) is 3. The SMILES string of the molecule is CC(C)N1CCN(C(=O)c2cc(Cl)nc(Cl)c2)CC1. The summed E-state index contributed by atoms with van der Waals surface area (Å²) in [6.07, 6.45) is 0. The Morgan fingerprint density at radius 3 is 2.16 bits per heavy atom. The Kier molecular flexibility index (Phi) is 4.66. The van der Waals surface area contributed by atoms with E-state index in [1.807, 2.05) is 4.90 Å². The van der Waals surface area contributed by atoms with Crippen molar-refractivity contribution < 1.29 is 4.79 Å². The van der Waals surface area contributed by atoms with E-state index in [9.17, 15) is 4.79 Å². The third-order valence-corrected chi connectivity index (χ3v) is 3.73. The zero-order chi connectivity index (χ0) is 14.0. The van der Waals surface area contributed by atoms with Gasteiger partial charge < -0.3 is 4.90 Å². The lowest BCUT2D eigenvalue weighted by molar-refractivity contribution is 0.0595. The number of hydrogen-bond donors (Lipinski definition) is 0. The van der Waals surface area contributed by atoms with Crippen LogP contribution in [0.3, 0.4) is 0 Å². The first kappa shape index (κ1) is 14.6. The first-order valence-corrected chi connectivity index (χ1v) is 7.09. The van der Waals surface area contributed by atoms with Gasteiger partial charge in [-0.3, -0.25) is 9.69 Å². The van der Waals surface area contributed by atoms with E-state index in [4.69, 9.17) is 23.2 Å². The van der Waals surface area contributed by atoms with Crippen LogP contribution in [0, 0.1) is 0 Å². The maximum absolute atomic E-state index is 12.3. The fourth-order valence-corrected chi connectivity index (χ4v) is 2.67. The molecule has 0 bridgehead atoms. The summed E-state index contributed by atoms with van der Waals surface area (Å²) in [5, 5.41) is 0.494. The molecule has 4 nitrogen and oxygen atoms in total. The molecule has 0 spiro atoms. The lowest BCUT2D eigenvalue weighted by Gasteiger charge is -2.36. The average Bonchev–Trinajstić information content (AvgIpc) is 2.37. The number of carbonyl (C=O) groups excluding carboxylic acids is 1. The van der Waals surface area contributed by atoms with E-state index >= 15 is 0 Å². The summed E-state index contributed by atoms with van der Waals surface area (Å²) in [6, 6.07) is 3.64. The van der Waals surface area contributed by atoms with E-state index in [-0.39, 0.29) is 16.2 Å². The van der Waals surface area contributed by atoms with Crippen LogP contribution in [0.5, 0.6) is 0 Å². The number of halogens is 2. The highest BCUT2D eigenvalue weighted by atomic mass is 35.5. The molecular formula is C13H17Cl2N3O. The molecule has 0 N–H and O–H groups in total. The van der Waals surface area contributed by atoms with E-state index in [1.165, 1.54) is 0 Å². The zero-order valence-electron chi connectivity index (χ0n) is 11.1. The third-order valence-electron chi connectivity index (χ3n) is 3.34. The van der Waals surface area contributed by atoms with Crippen molar-refractivity contribution in [3.8, 4) is 0 Å². The minimum absolute atomic E-state index is 0.0328. The van der Waals surface area contributed by atoms with Crippen molar-refractivity contribution in [3.05, 3.63) is 28.0 Å². The van der Waals surface area contributed by atoms with Gasteiger partial charge in [0.1, 0.15) is 10.3 Å². The maximum Gasteiger partial charge on any atom is 0.254 e. The molecule has 0 radical (unpaired) electrons. The molecule has 0 saturated carbocycles. The molecule has 19 heavy (non-hydrogen) atoms. The molecule has 0 unspecified atom stereocenters. The van der Waals surface area contributed by atoms with Gasteiger partial charge in [0.15, 0.2) is 0 Å². The van der Waals surface area contributed by atoms with Crippen molar-refractivity contribution in [2.45, 2.75) is 19.9 Å². The van der Waals surface area contributed by atoms with Gasteiger partial charge in [0.25, 0.3) is 5.91 Å². The smallest absolute Gasteiger partial charge is 0.254 e. The van der Waals surface area contributed by atoms with Gasteiger partial charge in [-0.25, -0.2) is 4.98 Å². The van der Waals surface area contributed by atoms with Crippen LogP contribution < -0.4 is 0 Å². The lowest BCUT2D eigenvalue weighted by atomic mass is 10.2. The first-order chi connectivity index (χ1) is 8.97. The topological polar surface area (TPSA) is 36.4 Å². The Morgan fingerprint density at radius 2 is 1.68 bits per heavy atom. The van der Waals surface area contributed by atoms with Crippen LogP contribution >= 0.6 is 23.2 Å².